The van der Waals surface area contributed by atoms with Crippen molar-refractivity contribution in [3.63, 3.8) is 0 Å². The fourth-order valence-electron chi connectivity index (χ4n) is 3.21. The van der Waals surface area contributed by atoms with Crippen molar-refractivity contribution in [3.8, 4) is 5.75 Å². The second kappa shape index (κ2) is 8.73. The van der Waals surface area contributed by atoms with Gasteiger partial charge < -0.3 is 14.5 Å². The van der Waals surface area contributed by atoms with Gasteiger partial charge in [-0.3, -0.25) is 9.10 Å². The molecule has 0 bridgehead atoms. The maximum atomic E-state index is 12.9. The summed E-state index contributed by atoms with van der Waals surface area (Å²) in [4.78, 5) is 16.9. The number of likely N-dealkylation sites (N-methyl/N-ethyl adjacent to an activating group) is 1. The molecule has 0 N–H and O–H groups in total. The van der Waals surface area contributed by atoms with E-state index in [2.05, 4.69) is 11.8 Å². The summed E-state index contributed by atoms with van der Waals surface area (Å²) in [5.74, 6) is 0.499. The van der Waals surface area contributed by atoms with E-state index in [1.165, 1.54) is 4.31 Å². The van der Waals surface area contributed by atoms with E-state index in [1.807, 2.05) is 6.92 Å². The zero-order valence-electron chi connectivity index (χ0n) is 16.0. The molecule has 0 aromatic heterocycles. The third-order valence-electron chi connectivity index (χ3n) is 4.60. The molecule has 1 atom stereocenters. The molecule has 0 aliphatic carbocycles. The molecule has 1 aromatic carbocycles. The van der Waals surface area contributed by atoms with Crippen LogP contribution in [0, 0.1) is 0 Å². The second-order valence-corrected chi connectivity index (χ2v) is 8.28. The highest BCUT2D eigenvalue weighted by Crippen LogP contribution is 2.25. The summed E-state index contributed by atoms with van der Waals surface area (Å²) in [6.45, 7) is 10.00. The normalized spacial score (nSPS) is 17.0. The zero-order valence-corrected chi connectivity index (χ0v) is 16.8. The van der Waals surface area contributed by atoms with Crippen molar-refractivity contribution in [2.24, 2.45) is 0 Å². The lowest BCUT2D eigenvalue weighted by molar-refractivity contribution is -0.133. The van der Waals surface area contributed by atoms with E-state index >= 15 is 0 Å². The SMILES string of the molecule is CCOc1ccc(N([C@@H](C)C(=O)N2CCN(CC)CC2)S(C)(=O)=O)cc1. The number of ether oxygens (including phenoxy) is 1. The minimum atomic E-state index is -3.61. The first-order valence-corrected chi connectivity index (χ1v) is 10.9. The van der Waals surface area contributed by atoms with Gasteiger partial charge in [-0.15, -0.1) is 0 Å². The Morgan fingerprint density at radius 1 is 1.15 bits per heavy atom. The Morgan fingerprint density at radius 2 is 1.73 bits per heavy atom. The van der Waals surface area contributed by atoms with Crippen LogP contribution in [0.25, 0.3) is 0 Å². The van der Waals surface area contributed by atoms with Gasteiger partial charge in [0.2, 0.25) is 15.9 Å². The van der Waals surface area contributed by atoms with Crippen molar-refractivity contribution in [2.75, 3.05) is 49.9 Å². The van der Waals surface area contributed by atoms with Crippen LogP contribution < -0.4 is 9.04 Å². The van der Waals surface area contributed by atoms with E-state index in [0.29, 0.717) is 31.1 Å². The smallest absolute Gasteiger partial charge is 0.246 e. The lowest BCUT2D eigenvalue weighted by atomic mass is 10.2. The zero-order chi connectivity index (χ0) is 19.3. The molecule has 1 fully saturated rings. The Labute approximate surface area is 156 Å². The molecule has 26 heavy (non-hydrogen) atoms. The summed E-state index contributed by atoms with van der Waals surface area (Å²) in [5.41, 5.74) is 0.462. The van der Waals surface area contributed by atoms with Crippen LogP contribution in [0.1, 0.15) is 20.8 Å². The van der Waals surface area contributed by atoms with Crippen LogP contribution >= 0.6 is 0 Å². The first kappa shape index (κ1) is 20.5. The number of hydrogen-bond acceptors (Lipinski definition) is 5. The third-order valence-corrected chi connectivity index (χ3v) is 5.84. The van der Waals surface area contributed by atoms with Crippen LogP contribution in [-0.4, -0.2) is 75.8 Å². The first-order valence-electron chi connectivity index (χ1n) is 9.01. The molecule has 1 aliphatic heterocycles. The van der Waals surface area contributed by atoms with Gasteiger partial charge in [0.1, 0.15) is 11.8 Å². The molecule has 0 saturated carbocycles. The summed E-state index contributed by atoms with van der Waals surface area (Å²) in [6.07, 6.45) is 1.13. The van der Waals surface area contributed by atoms with Crippen LogP contribution in [0.4, 0.5) is 5.69 Å². The molecule has 1 aliphatic rings. The predicted molar refractivity (Wildman–Crippen MR) is 103 cm³/mol. The van der Waals surface area contributed by atoms with Crippen LogP contribution in [0.15, 0.2) is 24.3 Å². The van der Waals surface area contributed by atoms with E-state index in [-0.39, 0.29) is 5.91 Å². The van der Waals surface area contributed by atoms with Crippen LogP contribution in [0.3, 0.4) is 0 Å². The Bertz CT molecular complexity index is 698. The quantitative estimate of drug-likeness (QED) is 0.712. The fraction of sp³-hybridized carbons (Fsp3) is 0.611. The number of hydrogen-bond donors (Lipinski definition) is 0. The van der Waals surface area contributed by atoms with E-state index in [1.54, 1.807) is 36.1 Å². The van der Waals surface area contributed by atoms with Gasteiger partial charge in [-0.1, -0.05) is 6.92 Å². The highest BCUT2D eigenvalue weighted by Gasteiger charge is 2.33. The van der Waals surface area contributed by atoms with Gasteiger partial charge in [-0.2, -0.15) is 0 Å². The summed E-state index contributed by atoms with van der Waals surface area (Å²) in [6, 6.07) is 5.98. The molecule has 2 rings (SSSR count). The second-order valence-electron chi connectivity index (χ2n) is 6.42. The molecule has 146 valence electrons. The molecular weight excluding hydrogens is 354 g/mol. The van der Waals surface area contributed by atoms with Gasteiger partial charge in [-0.05, 0) is 44.7 Å². The van der Waals surface area contributed by atoms with Crippen molar-refractivity contribution in [1.29, 1.82) is 0 Å². The maximum absolute atomic E-state index is 12.9. The number of nitrogens with zero attached hydrogens (tertiary/aromatic N) is 3. The summed E-state index contributed by atoms with van der Waals surface area (Å²) in [5, 5.41) is 0. The van der Waals surface area contributed by atoms with Crippen LogP contribution in [-0.2, 0) is 14.8 Å². The molecule has 0 spiro atoms. The number of piperazine rings is 1. The Hall–Kier alpha value is -1.80. The van der Waals surface area contributed by atoms with E-state index in [4.69, 9.17) is 4.74 Å². The number of anilines is 1. The molecule has 1 saturated heterocycles. The lowest BCUT2D eigenvalue weighted by Gasteiger charge is -2.37. The van der Waals surface area contributed by atoms with E-state index in [9.17, 15) is 13.2 Å². The van der Waals surface area contributed by atoms with Crippen molar-refractivity contribution >= 4 is 21.6 Å². The molecule has 0 unspecified atom stereocenters. The average molecular weight is 384 g/mol. The average Bonchev–Trinajstić information content (AvgIpc) is 2.62. The van der Waals surface area contributed by atoms with Gasteiger partial charge >= 0.3 is 0 Å². The van der Waals surface area contributed by atoms with Gasteiger partial charge in [0.15, 0.2) is 0 Å². The number of sulfonamides is 1. The van der Waals surface area contributed by atoms with E-state index in [0.717, 1.165) is 25.9 Å². The number of amides is 1. The predicted octanol–water partition coefficient (Wildman–Crippen LogP) is 1.40. The molecule has 1 amide bonds. The van der Waals surface area contributed by atoms with Crippen molar-refractivity contribution in [2.45, 2.75) is 26.8 Å². The van der Waals surface area contributed by atoms with Crippen molar-refractivity contribution in [1.82, 2.24) is 9.80 Å². The minimum Gasteiger partial charge on any atom is -0.494 e. The monoisotopic (exact) mass is 383 g/mol. The molecule has 1 aromatic rings. The molecule has 0 radical (unpaired) electrons. The third kappa shape index (κ3) is 4.88. The largest absolute Gasteiger partial charge is 0.494 e. The molecule has 7 nitrogen and oxygen atoms in total. The molecule has 8 heteroatoms. The standard InChI is InChI=1S/C18H29N3O4S/c1-5-19-11-13-20(14-12-19)18(22)15(3)21(26(4,23)24)16-7-9-17(10-8-16)25-6-2/h7-10,15H,5-6,11-14H2,1-4H3/t15-/m0/s1. The Balaban J connectivity index is 2.19. The number of carbonyl (C=O) groups excluding carboxylic acids is 1. The van der Waals surface area contributed by atoms with Gasteiger partial charge in [0, 0.05) is 26.2 Å². The van der Waals surface area contributed by atoms with Crippen LogP contribution in [0.2, 0.25) is 0 Å². The number of carbonyl (C=O) groups is 1. The topological polar surface area (TPSA) is 70.2 Å². The van der Waals surface area contributed by atoms with Crippen molar-refractivity contribution in [3.05, 3.63) is 24.3 Å². The van der Waals surface area contributed by atoms with E-state index < -0.39 is 16.1 Å². The maximum Gasteiger partial charge on any atom is 0.246 e. The van der Waals surface area contributed by atoms with Gasteiger partial charge in [0.05, 0.1) is 18.6 Å². The molecular formula is C18H29N3O4S. The summed E-state index contributed by atoms with van der Waals surface area (Å²) in [7, 11) is -3.61. The Morgan fingerprint density at radius 3 is 2.19 bits per heavy atom. The lowest BCUT2D eigenvalue weighted by Crippen LogP contribution is -2.55. The van der Waals surface area contributed by atoms with Gasteiger partial charge in [0.25, 0.3) is 0 Å². The first-order chi connectivity index (χ1) is 12.3. The fourth-order valence-corrected chi connectivity index (χ4v) is 4.38. The molecule has 1 heterocycles. The number of rotatable bonds is 7. The number of benzene rings is 1. The van der Waals surface area contributed by atoms with Gasteiger partial charge in [-0.25, -0.2) is 8.42 Å². The highest BCUT2D eigenvalue weighted by molar-refractivity contribution is 7.92. The minimum absolute atomic E-state index is 0.167. The van der Waals surface area contributed by atoms with Crippen molar-refractivity contribution < 1.29 is 17.9 Å². The van der Waals surface area contributed by atoms with Crippen LogP contribution in [0.5, 0.6) is 5.75 Å². The summed E-state index contributed by atoms with van der Waals surface area (Å²) >= 11 is 0. The summed E-state index contributed by atoms with van der Waals surface area (Å²) < 4.78 is 31.4. The Kier molecular flexibility index (Phi) is 6.88. The highest BCUT2D eigenvalue weighted by atomic mass is 32.2.